The van der Waals surface area contributed by atoms with E-state index in [0.29, 0.717) is 17.8 Å². The van der Waals surface area contributed by atoms with E-state index in [1.807, 2.05) is 0 Å². The molecule has 2 aromatic heterocycles. The first kappa shape index (κ1) is 20.9. The van der Waals surface area contributed by atoms with E-state index < -0.39 is 11.9 Å². The zero-order valence-corrected chi connectivity index (χ0v) is 16.9. The number of anilines is 1. The van der Waals surface area contributed by atoms with E-state index in [1.165, 1.54) is 18.0 Å². The Balaban J connectivity index is 1.40. The number of unbranched alkanes of at least 4 members (excludes halogenated alkanes) is 1. The molecule has 7 heteroatoms. The number of fused-ring (bicyclic) bond motifs is 1. The number of carboxylic acids is 1. The number of hydrogen-bond acceptors (Lipinski definition) is 6. The number of aryl methyl sites for hydroxylation is 3. The SMILES string of the molecule is Cc1ncc([C@H](CCC(=O)CCCCc2ccc3c(n2)NCCC3)C(=O)O)cn1. The minimum absolute atomic E-state index is 0.101. The molecule has 2 aromatic rings. The Labute approximate surface area is 171 Å². The maximum atomic E-state index is 12.2. The number of Topliss-reactive ketones (excluding diaryl/α,β-unsaturated/α-hetero) is 1. The summed E-state index contributed by atoms with van der Waals surface area (Å²) in [6, 6.07) is 4.23. The summed E-state index contributed by atoms with van der Waals surface area (Å²) < 4.78 is 0. The second-order valence-electron chi connectivity index (χ2n) is 7.58. The fourth-order valence-corrected chi connectivity index (χ4v) is 3.58. The van der Waals surface area contributed by atoms with Crippen LogP contribution in [0.15, 0.2) is 24.5 Å². The summed E-state index contributed by atoms with van der Waals surface area (Å²) in [5.41, 5.74) is 2.88. The fraction of sp³-hybridized carbons (Fsp3) is 0.500. The summed E-state index contributed by atoms with van der Waals surface area (Å²) in [7, 11) is 0. The predicted molar refractivity (Wildman–Crippen MR) is 110 cm³/mol. The topological polar surface area (TPSA) is 105 Å². The zero-order valence-electron chi connectivity index (χ0n) is 16.9. The van der Waals surface area contributed by atoms with E-state index in [0.717, 1.165) is 50.2 Å². The Morgan fingerprint density at radius 2 is 1.97 bits per heavy atom. The van der Waals surface area contributed by atoms with Gasteiger partial charge < -0.3 is 10.4 Å². The molecule has 0 amide bonds. The highest BCUT2D eigenvalue weighted by atomic mass is 16.4. The van der Waals surface area contributed by atoms with Crippen molar-refractivity contribution in [1.29, 1.82) is 0 Å². The van der Waals surface area contributed by atoms with E-state index >= 15 is 0 Å². The normalized spacial score (nSPS) is 14.0. The first-order chi connectivity index (χ1) is 14.0. The van der Waals surface area contributed by atoms with Gasteiger partial charge in [-0.25, -0.2) is 15.0 Å². The molecule has 154 valence electrons. The number of pyridine rings is 1. The lowest BCUT2D eigenvalue weighted by Gasteiger charge is -2.17. The molecule has 1 aliphatic heterocycles. The molecule has 0 radical (unpaired) electrons. The number of hydrogen-bond donors (Lipinski definition) is 2. The average Bonchev–Trinajstić information content (AvgIpc) is 2.72. The quantitative estimate of drug-likeness (QED) is 0.592. The van der Waals surface area contributed by atoms with Crippen molar-refractivity contribution in [2.45, 2.75) is 64.2 Å². The summed E-state index contributed by atoms with van der Waals surface area (Å²) in [4.78, 5) is 36.5. The number of rotatable bonds is 10. The maximum Gasteiger partial charge on any atom is 0.311 e. The van der Waals surface area contributed by atoms with Gasteiger partial charge in [0.1, 0.15) is 17.4 Å². The van der Waals surface area contributed by atoms with Crippen molar-refractivity contribution in [2.75, 3.05) is 11.9 Å². The Morgan fingerprint density at radius 1 is 1.17 bits per heavy atom. The molecule has 0 saturated carbocycles. The van der Waals surface area contributed by atoms with Crippen molar-refractivity contribution in [3.05, 3.63) is 47.2 Å². The standard InChI is InChI=1S/C22H28N4O3/c1-15-24-13-17(14-25-15)20(22(28)29)11-10-19(27)7-3-2-6-18-9-8-16-5-4-12-23-21(16)26-18/h8-9,13-14,20H,2-7,10-12H2,1H3,(H,23,26)(H,28,29)/t20-/m0/s1. The number of nitrogens with one attached hydrogen (secondary N) is 1. The molecule has 2 N–H and O–H groups in total. The van der Waals surface area contributed by atoms with Crippen LogP contribution in [0, 0.1) is 6.92 Å². The Kier molecular flexibility index (Phi) is 7.27. The lowest BCUT2D eigenvalue weighted by Crippen LogP contribution is -2.14. The lowest BCUT2D eigenvalue weighted by atomic mass is 9.94. The van der Waals surface area contributed by atoms with E-state index in [2.05, 4.69) is 32.4 Å². The molecule has 0 aliphatic carbocycles. The van der Waals surface area contributed by atoms with Gasteiger partial charge in [-0.3, -0.25) is 9.59 Å². The number of carbonyl (C=O) groups excluding carboxylic acids is 1. The first-order valence-electron chi connectivity index (χ1n) is 10.3. The number of carbonyl (C=O) groups is 2. The van der Waals surface area contributed by atoms with Gasteiger partial charge in [-0.2, -0.15) is 0 Å². The summed E-state index contributed by atoms with van der Waals surface area (Å²) in [6.07, 6.45) is 8.83. The predicted octanol–water partition coefficient (Wildman–Crippen LogP) is 3.47. The van der Waals surface area contributed by atoms with Gasteiger partial charge in [-0.15, -0.1) is 0 Å². The van der Waals surface area contributed by atoms with Gasteiger partial charge in [-0.05, 0) is 57.1 Å². The molecule has 0 bridgehead atoms. The molecule has 1 atom stereocenters. The smallest absolute Gasteiger partial charge is 0.311 e. The van der Waals surface area contributed by atoms with E-state index in [-0.39, 0.29) is 18.6 Å². The van der Waals surface area contributed by atoms with Gasteiger partial charge in [-0.1, -0.05) is 6.07 Å². The summed E-state index contributed by atoms with van der Waals surface area (Å²) >= 11 is 0. The van der Waals surface area contributed by atoms with Crippen LogP contribution >= 0.6 is 0 Å². The second kappa shape index (κ2) is 10.1. The highest BCUT2D eigenvalue weighted by Gasteiger charge is 2.21. The lowest BCUT2D eigenvalue weighted by molar-refractivity contribution is -0.139. The highest BCUT2D eigenvalue weighted by molar-refractivity contribution is 5.80. The molecule has 0 saturated heterocycles. The number of nitrogens with zero attached hydrogens (tertiary/aromatic N) is 3. The third-order valence-electron chi connectivity index (χ3n) is 5.30. The van der Waals surface area contributed by atoms with Gasteiger partial charge in [0.2, 0.25) is 0 Å². The van der Waals surface area contributed by atoms with Gasteiger partial charge in [0.25, 0.3) is 0 Å². The van der Waals surface area contributed by atoms with E-state index in [4.69, 9.17) is 0 Å². The Hall–Kier alpha value is -2.83. The van der Waals surface area contributed by atoms with Gasteiger partial charge >= 0.3 is 5.97 Å². The van der Waals surface area contributed by atoms with Crippen LogP contribution in [0.3, 0.4) is 0 Å². The van der Waals surface area contributed by atoms with Crippen molar-refractivity contribution in [2.24, 2.45) is 0 Å². The van der Waals surface area contributed by atoms with Crippen LogP contribution in [0.2, 0.25) is 0 Å². The van der Waals surface area contributed by atoms with Gasteiger partial charge in [0.05, 0.1) is 5.92 Å². The minimum Gasteiger partial charge on any atom is -0.481 e. The Morgan fingerprint density at radius 3 is 2.72 bits per heavy atom. The first-order valence-corrected chi connectivity index (χ1v) is 10.3. The molecule has 0 spiro atoms. The molecule has 1 aliphatic rings. The summed E-state index contributed by atoms with van der Waals surface area (Å²) in [5, 5.41) is 12.8. The third-order valence-corrected chi connectivity index (χ3v) is 5.30. The molecule has 0 unspecified atom stereocenters. The number of ketones is 1. The second-order valence-corrected chi connectivity index (χ2v) is 7.58. The summed E-state index contributed by atoms with van der Waals surface area (Å²) in [6.45, 7) is 2.73. The van der Waals surface area contributed by atoms with Crippen molar-refractivity contribution < 1.29 is 14.7 Å². The van der Waals surface area contributed by atoms with Crippen molar-refractivity contribution >= 4 is 17.6 Å². The third kappa shape index (κ3) is 6.07. The van der Waals surface area contributed by atoms with Crippen LogP contribution in [0.5, 0.6) is 0 Å². The molecular weight excluding hydrogens is 368 g/mol. The molecule has 0 fully saturated rings. The van der Waals surface area contributed by atoms with Crippen molar-refractivity contribution in [3.63, 3.8) is 0 Å². The molecular formula is C22H28N4O3. The highest BCUT2D eigenvalue weighted by Crippen LogP contribution is 2.22. The average molecular weight is 396 g/mol. The molecule has 3 rings (SSSR count). The van der Waals surface area contributed by atoms with Gasteiger partial charge in [0.15, 0.2) is 0 Å². The molecule has 0 aromatic carbocycles. The van der Waals surface area contributed by atoms with Crippen molar-refractivity contribution in [3.8, 4) is 0 Å². The van der Waals surface area contributed by atoms with E-state index in [1.54, 1.807) is 6.92 Å². The minimum atomic E-state index is -0.947. The fourth-order valence-electron chi connectivity index (χ4n) is 3.58. The number of aliphatic carboxylic acids is 1. The largest absolute Gasteiger partial charge is 0.481 e. The van der Waals surface area contributed by atoms with Crippen LogP contribution < -0.4 is 5.32 Å². The number of aromatic nitrogens is 3. The number of carboxylic acid groups (broad SMARTS) is 1. The van der Waals surface area contributed by atoms with Crippen LogP contribution in [0.25, 0.3) is 0 Å². The molecule has 29 heavy (non-hydrogen) atoms. The molecule has 3 heterocycles. The Bertz CT molecular complexity index is 852. The van der Waals surface area contributed by atoms with Crippen LogP contribution in [0.4, 0.5) is 5.82 Å². The van der Waals surface area contributed by atoms with Crippen LogP contribution in [-0.4, -0.2) is 38.4 Å². The van der Waals surface area contributed by atoms with Crippen LogP contribution in [0.1, 0.15) is 67.1 Å². The summed E-state index contributed by atoms with van der Waals surface area (Å²) in [5.74, 6) is 0.0104. The monoisotopic (exact) mass is 396 g/mol. The molecule has 7 nitrogen and oxygen atoms in total. The van der Waals surface area contributed by atoms with Gasteiger partial charge in [0, 0.05) is 43.0 Å². The van der Waals surface area contributed by atoms with Crippen molar-refractivity contribution in [1.82, 2.24) is 15.0 Å². The zero-order chi connectivity index (χ0) is 20.6. The maximum absolute atomic E-state index is 12.2. The van der Waals surface area contributed by atoms with E-state index in [9.17, 15) is 14.7 Å². The van der Waals surface area contributed by atoms with Crippen LogP contribution in [-0.2, 0) is 22.4 Å².